The Kier molecular flexibility index (Phi) is 5.90. The van der Waals surface area contributed by atoms with Gasteiger partial charge in [-0.3, -0.25) is 9.59 Å². The zero-order chi connectivity index (χ0) is 16.0. The first-order valence-electron chi connectivity index (χ1n) is 6.58. The van der Waals surface area contributed by atoms with Gasteiger partial charge in [0.2, 0.25) is 6.10 Å². The third-order valence-electron chi connectivity index (χ3n) is 2.85. The van der Waals surface area contributed by atoms with Crippen molar-refractivity contribution in [1.29, 1.82) is 0 Å². The van der Waals surface area contributed by atoms with Gasteiger partial charge in [0.25, 0.3) is 5.91 Å². The van der Waals surface area contributed by atoms with Crippen LogP contribution in [0.5, 0.6) is 0 Å². The number of rotatable bonds is 6. The maximum atomic E-state index is 12.2. The minimum atomic E-state index is -1.16. The fraction of sp³-hybridized carbons (Fsp3) is 0.400. The highest BCUT2D eigenvalue weighted by Crippen LogP contribution is 2.18. The van der Waals surface area contributed by atoms with Crippen molar-refractivity contribution in [3.8, 4) is 0 Å². The lowest BCUT2D eigenvalue weighted by Gasteiger charge is -2.22. The van der Waals surface area contributed by atoms with Gasteiger partial charge in [0.05, 0.1) is 0 Å². The molecular weight excluding hydrogens is 274 g/mol. The number of aliphatic carboxylic acids is 1. The van der Waals surface area contributed by atoms with Gasteiger partial charge in [0.1, 0.15) is 6.04 Å². The van der Waals surface area contributed by atoms with Crippen LogP contribution in [0.25, 0.3) is 0 Å². The van der Waals surface area contributed by atoms with Crippen LogP contribution in [0.1, 0.15) is 32.4 Å². The van der Waals surface area contributed by atoms with Crippen LogP contribution in [0.2, 0.25) is 0 Å². The maximum Gasteiger partial charge on any atom is 0.326 e. The molecule has 0 radical (unpaired) electrons. The number of esters is 1. The van der Waals surface area contributed by atoms with Crippen molar-refractivity contribution in [3.63, 3.8) is 0 Å². The van der Waals surface area contributed by atoms with Gasteiger partial charge in [0.15, 0.2) is 0 Å². The summed E-state index contributed by atoms with van der Waals surface area (Å²) in [4.78, 5) is 34.5. The molecule has 1 aromatic carbocycles. The van der Waals surface area contributed by atoms with Crippen molar-refractivity contribution >= 4 is 17.8 Å². The van der Waals surface area contributed by atoms with E-state index in [0.717, 1.165) is 0 Å². The predicted molar refractivity (Wildman–Crippen MR) is 75.4 cm³/mol. The lowest BCUT2D eigenvalue weighted by atomic mass is 10.0. The Bertz CT molecular complexity index is 512. The third-order valence-corrected chi connectivity index (χ3v) is 2.85. The molecular formula is C15H19NO5. The molecule has 0 aliphatic rings. The summed E-state index contributed by atoms with van der Waals surface area (Å²) in [5.74, 6) is -2.69. The second-order valence-electron chi connectivity index (χ2n) is 4.97. The fourth-order valence-corrected chi connectivity index (χ4v) is 1.81. The van der Waals surface area contributed by atoms with Crippen LogP contribution >= 0.6 is 0 Å². The maximum absolute atomic E-state index is 12.2. The van der Waals surface area contributed by atoms with E-state index in [0.29, 0.717) is 5.56 Å². The van der Waals surface area contributed by atoms with Gasteiger partial charge in [-0.15, -0.1) is 0 Å². The van der Waals surface area contributed by atoms with Gasteiger partial charge in [-0.1, -0.05) is 44.2 Å². The topological polar surface area (TPSA) is 92.7 Å². The van der Waals surface area contributed by atoms with E-state index >= 15 is 0 Å². The molecule has 0 unspecified atom stereocenters. The van der Waals surface area contributed by atoms with E-state index < -0.39 is 30.0 Å². The molecule has 0 aliphatic heterocycles. The second kappa shape index (κ2) is 7.42. The minimum absolute atomic E-state index is 0.291. The van der Waals surface area contributed by atoms with Crippen molar-refractivity contribution in [2.45, 2.75) is 32.9 Å². The SMILES string of the molecule is CC(=O)O[C@@H](C(=O)N[C@H](C(=O)O)C(C)C)c1ccccc1. The highest BCUT2D eigenvalue weighted by molar-refractivity contribution is 5.88. The average molecular weight is 293 g/mol. The first-order valence-corrected chi connectivity index (χ1v) is 6.58. The molecule has 0 bridgehead atoms. The Balaban J connectivity index is 2.96. The van der Waals surface area contributed by atoms with Crippen LogP contribution in [0.4, 0.5) is 0 Å². The summed E-state index contributed by atoms with van der Waals surface area (Å²) in [7, 11) is 0. The minimum Gasteiger partial charge on any atom is -0.480 e. The first-order chi connectivity index (χ1) is 9.82. The smallest absolute Gasteiger partial charge is 0.326 e. The molecule has 0 aliphatic carbocycles. The Morgan fingerprint density at radius 1 is 1.14 bits per heavy atom. The number of hydrogen-bond acceptors (Lipinski definition) is 4. The van der Waals surface area contributed by atoms with Crippen LogP contribution in [-0.4, -0.2) is 29.0 Å². The van der Waals surface area contributed by atoms with Gasteiger partial charge < -0.3 is 15.2 Å². The number of amides is 1. The van der Waals surface area contributed by atoms with Crippen molar-refractivity contribution < 1.29 is 24.2 Å². The molecule has 0 fully saturated rings. The quantitative estimate of drug-likeness (QED) is 0.776. The summed E-state index contributed by atoms with van der Waals surface area (Å²) in [5.41, 5.74) is 0.484. The molecule has 0 heterocycles. The standard InChI is InChI=1S/C15H19NO5/c1-9(2)12(15(19)20)16-14(18)13(21-10(3)17)11-7-5-4-6-8-11/h4-9,12-13H,1-3H3,(H,16,18)(H,19,20)/t12-,13+/m0/s1. The lowest BCUT2D eigenvalue weighted by molar-refractivity contribution is -0.155. The normalized spacial score (nSPS) is 13.3. The lowest BCUT2D eigenvalue weighted by Crippen LogP contribution is -2.46. The summed E-state index contributed by atoms with van der Waals surface area (Å²) in [6.07, 6.45) is -1.16. The molecule has 0 saturated heterocycles. The predicted octanol–water partition coefficient (Wildman–Crippen LogP) is 1.52. The van der Waals surface area contributed by atoms with Gasteiger partial charge in [0, 0.05) is 12.5 Å². The van der Waals surface area contributed by atoms with E-state index in [-0.39, 0.29) is 5.92 Å². The van der Waals surface area contributed by atoms with E-state index in [2.05, 4.69) is 5.32 Å². The monoisotopic (exact) mass is 293 g/mol. The molecule has 1 rings (SSSR count). The Hall–Kier alpha value is -2.37. The molecule has 21 heavy (non-hydrogen) atoms. The van der Waals surface area contributed by atoms with Gasteiger partial charge >= 0.3 is 11.9 Å². The van der Waals surface area contributed by atoms with Crippen molar-refractivity contribution in [2.75, 3.05) is 0 Å². The van der Waals surface area contributed by atoms with Crippen LogP contribution < -0.4 is 5.32 Å². The van der Waals surface area contributed by atoms with E-state index in [9.17, 15) is 14.4 Å². The number of carbonyl (C=O) groups is 3. The van der Waals surface area contributed by atoms with E-state index in [1.54, 1.807) is 44.2 Å². The second-order valence-corrected chi connectivity index (χ2v) is 4.97. The molecule has 0 saturated carbocycles. The summed E-state index contributed by atoms with van der Waals surface area (Å²) in [5, 5.41) is 11.5. The molecule has 114 valence electrons. The molecule has 2 N–H and O–H groups in total. The number of hydrogen-bond donors (Lipinski definition) is 2. The number of carboxylic acid groups (broad SMARTS) is 1. The van der Waals surface area contributed by atoms with Gasteiger partial charge in [-0.25, -0.2) is 4.79 Å². The number of nitrogens with one attached hydrogen (secondary N) is 1. The molecule has 6 heteroatoms. The largest absolute Gasteiger partial charge is 0.480 e. The van der Waals surface area contributed by atoms with Gasteiger partial charge in [-0.05, 0) is 5.92 Å². The molecule has 0 aromatic heterocycles. The van der Waals surface area contributed by atoms with Crippen LogP contribution in [0, 0.1) is 5.92 Å². The summed E-state index contributed by atoms with van der Waals surface area (Å²) >= 11 is 0. The number of ether oxygens (including phenoxy) is 1. The highest BCUT2D eigenvalue weighted by atomic mass is 16.5. The fourth-order valence-electron chi connectivity index (χ4n) is 1.81. The van der Waals surface area contributed by atoms with Crippen molar-refractivity contribution in [1.82, 2.24) is 5.32 Å². The number of benzene rings is 1. The molecule has 6 nitrogen and oxygen atoms in total. The summed E-state index contributed by atoms with van der Waals surface area (Å²) in [6, 6.07) is 7.41. The van der Waals surface area contributed by atoms with Crippen molar-refractivity contribution in [3.05, 3.63) is 35.9 Å². The molecule has 1 aromatic rings. The number of carbonyl (C=O) groups excluding carboxylic acids is 2. The van der Waals surface area contributed by atoms with Gasteiger partial charge in [-0.2, -0.15) is 0 Å². The van der Waals surface area contributed by atoms with Crippen molar-refractivity contribution in [2.24, 2.45) is 5.92 Å². The van der Waals surface area contributed by atoms with Crippen LogP contribution in [0.3, 0.4) is 0 Å². The summed E-state index contributed by atoms with van der Waals surface area (Å²) < 4.78 is 5.01. The van der Waals surface area contributed by atoms with E-state index in [1.807, 2.05) is 0 Å². The average Bonchev–Trinajstić information content (AvgIpc) is 2.42. The first kappa shape index (κ1) is 16.7. The molecule has 2 atom stereocenters. The molecule has 0 spiro atoms. The summed E-state index contributed by atoms with van der Waals surface area (Å²) in [6.45, 7) is 4.56. The van der Waals surface area contributed by atoms with Crippen LogP contribution in [0.15, 0.2) is 30.3 Å². The van der Waals surface area contributed by atoms with E-state index in [4.69, 9.17) is 9.84 Å². The highest BCUT2D eigenvalue weighted by Gasteiger charge is 2.30. The Morgan fingerprint density at radius 3 is 2.14 bits per heavy atom. The third kappa shape index (κ3) is 4.91. The Labute approximate surface area is 123 Å². The zero-order valence-corrected chi connectivity index (χ0v) is 12.2. The molecule has 1 amide bonds. The zero-order valence-electron chi connectivity index (χ0n) is 12.2. The van der Waals surface area contributed by atoms with E-state index in [1.165, 1.54) is 6.92 Å². The number of carboxylic acids is 1. The van der Waals surface area contributed by atoms with Crippen LogP contribution in [-0.2, 0) is 19.1 Å². The Morgan fingerprint density at radius 2 is 1.71 bits per heavy atom.